The zero-order valence-electron chi connectivity index (χ0n) is 16.2. The Morgan fingerprint density at radius 1 is 1.07 bits per heavy atom. The average molecular weight is 390 g/mol. The number of nitrogens with zero attached hydrogens (tertiary/aromatic N) is 1. The molecule has 0 fully saturated rings. The number of sulfonamides is 1. The van der Waals surface area contributed by atoms with Crippen molar-refractivity contribution in [3.05, 3.63) is 59.7 Å². The average Bonchev–Trinajstić information content (AvgIpc) is 2.61. The maximum absolute atomic E-state index is 12.6. The molecule has 0 heterocycles. The first-order valence-electron chi connectivity index (χ1n) is 8.85. The highest BCUT2D eigenvalue weighted by Crippen LogP contribution is 2.24. The maximum Gasteiger partial charge on any atom is 0.255 e. The number of hydrogen-bond donors (Lipinski definition) is 2. The number of amides is 1. The molecule has 0 saturated heterocycles. The smallest absolute Gasteiger partial charge is 0.255 e. The van der Waals surface area contributed by atoms with Gasteiger partial charge in [0, 0.05) is 24.3 Å². The number of benzene rings is 2. The number of anilines is 1. The van der Waals surface area contributed by atoms with Crippen LogP contribution in [0, 0.1) is 0 Å². The first kappa shape index (κ1) is 21.1. The summed E-state index contributed by atoms with van der Waals surface area (Å²) in [6, 6.07) is 13.7. The molecular weight excluding hydrogens is 362 g/mol. The van der Waals surface area contributed by atoms with Crippen LogP contribution in [0.1, 0.15) is 35.7 Å². The van der Waals surface area contributed by atoms with Gasteiger partial charge in [-0.2, -0.15) is 0 Å². The van der Waals surface area contributed by atoms with E-state index in [0.29, 0.717) is 18.7 Å². The van der Waals surface area contributed by atoms with Crippen molar-refractivity contribution in [2.75, 3.05) is 32.5 Å². The van der Waals surface area contributed by atoms with Gasteiger partial charge in [0.25, 0.3) is 5.91 Å². The van der Waals surface area contributed by atoms with Crippen LogP contribution in [0.2, 0.25) is 0 Å². The van der Waals surface area contributed by atoms with Crippen LogP contribution < -0.4 is 10.0 Å². The Morgan fingerprint density at radius 3 is 2.44 bits per heavy atom. The van der Waals surface area contributed by atoms with E-state index in [1.807, 2.05) is 43.3 Å². The quantitative estimate of drug-likeness (QED) is 0.728. The van der Waals surface area contributed by atoms with Crippen LogP contribution in [0.25, 0.3) is 0 Å². The van der Waals surface area contributed by atoms with Gasteiger partial charge in [0.2, 0.25) is 10.0 Å². The molecule has 2 aromatic rings. The monoisotopic (exact) mass is 389 g/mol. The third-order valence-electron chi connectivity index (χ3n) is 4.09. The lowest BCUT2D eigenvalue weighted by molar-refractivity contribution is 0.102. The minimum atomic E-state index is -3.66. The lowest BCUT2D eigenvalue weighted by atomic mass is 10.0. The van der Waals surface area contributed by atoms with E-state index in [-0.39, 0.29) is 16.7 Å². The number of nitrogens with one attached hydrogen (secondary N) is 2. The number of likely N-dealkylation sites (N-methyl/N-ethyl adjacent to an activating group) is 1. The summed E-state index contributed by atoms with van der Waals surface area (Å²) in [7, 11) is 0.0755. The summed E-state index contributed by atoms with van der Waals surface area (Å²) in [6.45, 7) is 4.99. The van der Waals surface area contributed by atoms with E-state index >= 15 is 0 Å². The summed E-state index contributed by atoms with van der Waals surface area (Å²) < 4.78 is 27.4. The van der Waals surface area contributed by atoms with Gasteiger partial charge in [0.1, 0.15) is 0 Å². The number of hydrogen-bond acceptors (Lipinski definition) is 4. The number of rotatable bonds is 8. The zero-order valence-corrected chi connectivity index (χ0v) is 17.0. The Kier molecular flexibility index (Phi) is 7.12. The van der Waals surface area contributed by atoms with Gasteiger partial charge in [-0.1, -0.05) is 38.1 Å². The molecule has 7 heteroatoms. The second kappa shape index (κ2) is 9.12. The number of carbonyl (C=O) groups is 1. The van der Waals surface area contributed by atoms with Crippen LogP contribution in [0.5, 0.6) is 0 Å². The standard InChI is InChI=1S/C20H27N3O3S/c1-15(2)18-10-5-6-11-19(18)22-20(24)16-8-7-9-17(14-16)27(25,26)21-12-13-23(3)4/h5-11,14-15,21H,12-13H2,1-4H3,(H,22,24). The van der Waals surface area contributed by atoms with Crippen molar-refractivity contribution >= 4 is 21.6 Å². The third kappa shape index (κ3) is 5.89. The highest BCUT2D eigenvalue weighted by atomic mass is 32.2. The van der Waals surface area contributed by atoms with Gasteiger partial charge in [0.05, 0.1) is 4.90 Å². The Bertz CT molecular complexity index is 893. The van der Waals surface area contributed by atoms with E-state index in [1.54, 1.807) is 12.1 Å². The summed E-state index contributed by atoms with van der Waals surface area (Å²) in [5, 5.41) is 2.88. The predicted molar refractivity (Wildman–Crippen MR) is 109 cm³/mol. The normalized spacial score (nSPS) is 11.8. The van der Waals surface area contributed by atoms with Crippen molar-refractivity contribution in [3.8, 4) is 0 Å². The van der Waals surface area contributed by atoms with Crippen molar-refractivity contribution in [2.45, 2.75) is 24.7 Å². The molecule has 0 aliphatic heterocycles. The fourth-order valence-corrected chi connectivity index (χ4v) is 3.67. The number of para-hydroxylation sites is 1. The first-order valence-corrected chi connectivity index (χ1v) is 10.3. The molecule has 2 aromatic carbocycles. The van der Waals surface area contributed by atoms with Gasteiger partial charge in [-0.3, -0.25) is 4.79 Å². The molecule has 0 atom stereocenters. The van der Waals surface area contributed by atoms with Crippen molar-refractivity contribution in [1.29, 1.82) is 0 Å². The topological polar surface area (TPSA) is 78.5 Å². The third-order valence-corrected chi connectivity index (χ3v) is 5.55. The predicted octanol–water partition coefficient (Wildman–Crippen LogP) is 2.90. The van der Waals surface area contributed by atoms with E-state index in [4.69, 9.17) is 0 Å². The van der Waals surface area contributed by atoms with Gasteiger partial charge < -0.3 is 10.2 Å². The summed E-state index contributed by atoms with van der Waals surface area (Å²) in [4.78, 5) is 14.6. The Labute approximate surface area is 161 Å². The Balaban J connectivity index is 2.18. The van der Waals surface area contributed by atoms with E-state index in [0.717, 1.165) is 11.3 Å². The summed E-state index contributed by atoms with van der Waals surface area (Å²) in [5.41, 5.74) is 2.05. The lowest BCUT2D eigenvalue weighted by Gasteiger charge is -2.14. The molecule has 0 radical (unpaired) electrons. The van der Waals surface area contributed by atoms with Crippen LogP contribution in [-0.4, -0.2) is 46.4 Å². The molecule has 2 rings (SSSR count). The van der Waals surface area contributed by atoms with E-state index in [9.17, 15) is 13.2 Å². The molecule has 0 aliphatic rings. The minimum absolute atomic E-state index is 0.0750. The molecule has 2 N–H and O–H groups in total. The second-order valence-corrected chi connectivity index (χ2v) is 8.69. The Morgan fingerprint density at radius 2 is 1.78 bits per heavy atom. The molecule has 146 valence electrons. The van der Waals surface area contributed by atoms with Crippen molar-refractivity contribution in [2.24, 2.45) is 0 Å². The SMILES string of the molecule is CC(C)c1ccccc1NC(=O)c1cccc(S(=O)(=O)NCCN(C)C)c1. The van der Waals surface area contributed by atoms with Crippen molar-refractivity contribution in [1.82, 2.24) is 9.62 Å². The van der Waals surface area contributed by atoms with Crippen LogP contribution in [-0.2, 0) is 10.0 Å². The molecule has 0 bridgehead atoms. The van der Waals surface area contributed by atoms with Gasteiger partial charge in [0.15, 0.2) is 0 Å². The fourth-order valence-electron chi connectivity index (χ4n) is 2.60. The molecule has 0 aliphatic carbocycles. The second-order valence-electron chi connectivity index (χ2n) is 6.92. The van der Waals surface area contributed by atoms with Crippen LogP contribution in [0.3, 0.4) is 0 Å². The molecular formula is C20H27N3O3S. The minimum Gasteiger partial charge on any atom is -0.322 e. The molecule has 27 heavy (non-hydrogen) atoms. The number of carbonyl (C=O) groups excluding carboxylic acids is 1. The molecule has 1 amide bonds. The summed E-state index contributed by atoms with van der Waals surface area (Å²) in [6.07, 6.45) is 0. The van der Waals surface area contributed by atoms with Gasteiger partial charge in [-0.05, 0) is 49.8 Å². The summed E-state index contributed by atoms with van der Waals surface area (Å²) >= 11 is 0. The maximum atomic E-state index is 12.6. The highest BCUT2D eigenvalue weighted by Gasteiger charge is 2.17. The van der Waals surface area contributed by atoms with E-state index in [1.165, 1.54) is 12.1 Å². The van der Waals surface area contributed by atoms with E-state index in [2.05, 4.69) is 23.9 Å². The van der Waals surface area contributed by atoms with Crippen LogP contribution in [0.15, 0.2) is 53.4 Å². The zero-order chi connectivity index (χ0) is 20.0. The molecule has 0 spiro atoms. The van der Waals surface area contributed by atoms with Crippen molar-refractivity contribution < 1.29 is 13.2 Å². The van der Waals surface area contributed by atoms with Gasteiger partial charge in [-0.25, -0.2) is 13.1 Å². The summed E-state index contributed by atoms with van der Waals surface area (Å²) in [5.74, 6) is -0.0810. The highest BCUT2D eigenvalue weighted by molar-refractivity contribution is 7.89. The largest absolute Gasteiger partial charge is 0.322 e. The van der Waals surface area contributed by atoms with Crippen molar-refractivity contribution in [3.63, 3.8) is 0 Å². The fraction of sp³-hybridized carbons (Fsp3) is 0.350. The van der Waals surface area contributed by atoms with Gasteiger partial charge in [-0.15, -0.1) is 0 Å². The lowest BCUT2D eigenvalue weighted by Crippen LogP contribution is -2.31. The van der Waals surface area contributed by atoms with Crippen LogP contribution >= 0.6 is 0 Å². The molecule has 0 unspecified atom stereocenters. The molecule has 0 saturated carbocycles. The van der Waals surface area contributed by atoms with Crippen LogP contribution in [0.4, 0.5) is 5.69 Å². The molecule has 6 nitrogen and oxygen atoms in total. The van der Waals surface area contributed by atoms with E-state index < -0.39 is 10.0 Å². The molecule has 0 aromatic heterocycles. The Hall–Kier alpha value is -2.22. The van der Waals surface area contributed by atoms with Gasteiger partial charge >= 0.3 is 0 Å². The first-order chi connectivity index (χ1) is 12.7.